The van der Waals surface area contributed by atoms with E-state index in [1.807, 2.05) is 0 Å². The van der Waals surface area contributed by atoms with Crippen LogP contribution in [0.5, 0.6) is 0 Å². The lowest BCUT2D eigenvalue weighted by Crippen LogP contribution is -2.28. The second-order valence-electron chi connectivity index (χ2n) is 14.4. The molecule has 4 rings (SSSR count). The molecule has 55 heavy (non-hydrogen) atoms. The van der Waals surface area contributed by atoms with Crippen molar-refractivity contribution >= 4 is 19.2 Å². The Hall–Kier alpha value is -3.02. The summed E-state index contributed by atoms with van der Waals surface area (Å²) in [4.78, 5) is 14.5. The smallest absolute Gasteiger partial charge is 0.382 e. The fourth-order valence-electron chi connectivity index (χ4n) is 6.85. The Kier molecular flexibility index (Phi) is 19.4. The molecule has 0 saturated carbocycles. The van der Waals surface area contributed by atoms with Crippen molar-refractivity contribution in [3.8, 4) is 6.07 Å². The number of ether oxygens (including phenoxy) is 3. The zero-order chi connectivity index (χ0) is 39.4. The third kappa shape index (κ3) is 14.8. The number of unbranched alkanes of at least 4 members (excludes halogenated alkanes) is 15. The Morgan fingerprint density at radius 1 is 0.964 bits per heavy atom. The Morgan fingerprint density at radius 3 is 2.20 bits per heavy atom. The molecule has 1 aliphatic rings. The van der Waals surface area contributed by atoms with Gasteiger partial charge in [-0.15, -0.1) is 0 Å². The van der Waals surface area contributed by atoms with Crippen LogP contribution in [0.25, 0.3) is 5.52 Å². The van der Waals surface area contributed by atoms with Crippen molar-refractivity contribution in [2.45, 2.75) is 147 Å². The van der Waals surface area contributed by atoms with Gasteiger partial charge in [0.15, 0.2) is 11.4 Å². The van der Waals surface area contributed by atoms with E-state index in [-0.39, 0.29) is 31.0 Å². The summed E-state index contributed by atoms with van der Waals surface area (Å²) in [5, 5.41) is 14.3. The molecule has 3 heterocycles. The zero-order valence-corrected chi connectivity index (χ0v) is 33.2. The molecule has 0 aliphatic carbocycles. The average molecular weight is 792 g/mol. The summed E-state index contributed by atoms with van der Waals surface area (Å²) in [5.41, 5.74) is 5.27. The summed E-state index contributed by atoms with van der Waals surface area (Å²) in [5.74, 6) is -1.28. The number of benzene rings is 1. The molecule has 0 amide bonds. The van der Waals surface area contributed by atoms with Crippen molar-refractivity contribution < 1.29 is 41.5 Å². The summed E-state index contributed by atoms with van der Waals surface area (Å²) in [7, 11) is -4.64. The van der Waals surface area contributed by atoms with Gasteiger partial charge in [0.2, 0.25) is 0 Å². The minimum Gasteiger partial charge on any atom is -0.382 e. The Morgan fingerprint density at radius 2 is 1.58 bits per heavy atom. The highest BCUT2D eigenvalue weighted by molar-refractivity contribution is 7.47. The number of anilines is 1. The summed E-state index contributed by atoms with van der Waals surface area (Å²) in [6.45, 7) is 1.47. The van der Waals surface area contributed by atoms with Gasteiger partial charge in [-0.2, -0.15) is 10.4 Å². The van der Waals surface area contributed by atoms with Crippen LogP contribution >= 0.6 is 7.82 Å². The number of nitrogens with two attached hydrogens (primary N) is 1. The molecule has 0 spiro atoms. The number of halogens is 2. The molecule has 12 nitrogen and oxygen atoms in total. The predicted molar refractivity (Wildman–Crippen MR) is 206 cm³/mol. The normalized spacial score (nSPS) is 18.8. The number of rotatable bonds is 29. The summed E-state index contributed by atoms with van der Waals surface area (Å²) in [6, 6.07) is 9.10. The third-order valence-corrected chi connectivity index (χ3v) is 11.0. The number of hydrogen-bond acceptors (Lipinski definition) is 10. The Balaban J connectivity index is 1.15. The number of aromatic nitrogens is 3. The molecule has 3 aromatic rings. The second kappa shape index (κ2) is 23.9. The molecule has 4 atom stereocenters. The maximum absolute atomic E-state index is 14.3. The van der Waals surface area contributed by atoms with Gasteiger partial charge >= 0.3 is 7.82 Å². The van der Waals surface area contributed by atoms with Crippen LogP contribution in [0.2, 0.25) is 0 Å². The molecule has 0 bridgehead atoms. The van der Waals surface area contributed by atoms with Crippen LogP contribution in [0.1, 0.15) is 134 Å². The molecule has 0 radical (unpaired) electrons. The minimum absolute atomic E-state index is 0.0232. The summed E-state index contributed by atoms with van der Waals surface area (Å²) >= 11 is 0. The standard InChI is InChI=1S/C40H60F2N5O7P/c1-2-3-4-5-6-7-8-9-10-11-12-13-14-15-16-17-25-50-26-33(51-29-34-35(41)19-18-20-36(34)42)28-53-55(48,49)52-27-32-23-24-40(30-43,54-32)38-22-21-37-39(44)45-31-46-47(37)38/h18-22,31-33H,2-17,23-29H2,1H3,(H,48,49)(H2,44,45,46)/t32-,33+,40-/m0/s1. The van der Waals surface area contributed by atoms with Gasteiger partial charge in [-0.05, 0) is 43.5 Å². The highest BCUT2D eigenvalue weighted by Crippen LogP contribution is 2.46. The summed E-state index contributed by atoms with van der Waals surface area (Å²) in [6.07, 6.45) is 20.5. The largest absolute Gasteiger partial charge is 0.472 e. The Bertz CT molecular complexity index is 1640. The van der Waals surface area contributed by atoms with Gasteiger partial charge in [-0.3, -0.25) is 9.05 Å². The van der Waals surface area contributed by atoms with Crippen LogP contribution < -0.4 is 5.73 Å². The van der Waals surface area contributed by atoms with Gasteiger partial charge in [0.25, 0.3) is 0 Å². The highest BCUT2D eigenvalue weighted by Gasteiger charge is 2.45. The lowest BCUT2D eigenvalue weighted by Gasteiger charge is -2.23. The molecule has 1 unspecified atom stereocenters. The number of nitriles is 1. The van der Waals surface area contributed by atoms with E-state index in [4.69, 9.17) is 29.0 Å². The van der Waals surface area contributed by atoms with Crippen molar-refractivity contribution in [3.63, 3.8) is 0 Å². The SMILES string of the molecule is CCCCCCCCCCCCCCCCCCOC[C@H](COP(=O)(O)OC[C@@H]1CC[C@](C#N)(c2ccc3c(N)ncnn23)O1)OCc1c(F)cccc1F. The van der Waals surface area contributed by atoms with E-state index in [9.17, 15) is 23.5 Å². The first kappa shape index (κ1) is 44.7. The maximum Gasteiger partial charge on any atom is 0.472 e. The van der Waals surface area contributed by atoms with Gasteiger partial charge in [0.05, 0.1) is 38.2 Å². The van der Waals surface area contributed by atoms with Gasteiger partial charge in [0.1, 0.15) is 35.7 Å². The number of phosphoric acid groups is 1. The molecule has 3 N–H and O–H groups in total. The lowest BCUT2D eigenvalue weighted by atomic mass is 9.98. The quantitative estimate of drug-likeness (QED) is 0.0508. The monoisotopic (exact) mass is 791 g/mol. The van der Waals surface area contributed by atoms with Gasteiger partial charge in [-0.25, -0.2) is 22.8 Å². The van der Waals surface area contributed by atoms with Crippen LogP contribution in [-0.2, 0) is 40.0 Å². The third-order valence-electron chi connectivity index (χ3n) is 10.1. The fourth-order valence-corrected chi connectivity index (χ4v) is 7.63. The zero-order valence-electron chi connectivity index (χ0n) is 32.3. The Labute approximate surface area is 324 Å². The average Bonchev–Trinajstić information content (AvgIpc) is 3.81. The number of phosphoric ester groups is 1. The van der Waals surface area contributed by atoms with Crippen molar-refractivity contribution in [2.75, 3.05) is 32.2 Å². The van der Waals surface area contributed by atoms with Crippen LogP contribution in [0.3, 0.4) is 0 Å². The fraction of sp³-hybridized carbons (Fsp3) is 0.675. The number of nitrogens with zero attached hydrogens (tertiary/aromatic N) is 4. The lowest BCUT2D eigenvalue weighted by molar-refractivity contribution is -0.0570. The van der Waals surface area contributed by atoms with Crippen molar-refractivity contribution in [3.05, 3.63) is 59.6 Å². The van der Waals surface area contributed by atoms with Crippen molar-refractivity contribution in [1.29, 1.82) is 5.26 Å². The van der Waals surface area contributed by atoms with E-state index < -0.39 is 50.5 Å². The number of fused-ring (bicyclic) bond motifs is 1. The van der Waals surface area contributed by atoms with E-state index >= 15 is 0 Å². The van der Waals surface area contributed by atoms with Crippen LogP contribution in [0.15, 0.2) is 36.7 Å². The minimum atomic E-state index is -4.64. The van der Waals surface area contributed by atoms with Crippen LogP contribution in [0.4, 0.5) is 14.6 Å². The molecule has 1 aromatic carbocycles. The second-order valence-corrected chi connectivity index (χ2v) is 15.9. The molecule has 1 fully saturated rings. The van der Waals surface area contributed by atoms with Crippen molar-refractivity contribution in [1.82, 2.24) is 14.6 Å². The number of nitrogen functional groups attached to an aromatic ring is 1. The highest BCUT2D eigenvalue weighted by atomic mass is 31.2. The predicted octanol–water partition coefficient (Wildman–Crippen LogP) is 9.48. The molecular weight excluding hydrogens is 731 g/mol. The van der Waals surface area contributed by atoms with Crippen molar-refractivity contribution in [2.24, 2.45) is 0 Å². The molecule has 1 aliphatic heterocycles. The number of hydrogen-bond donors (Lipinski definition) is 2. The van der Waals surface area contributed by atoms with Crippen LogP contribution in [0, 0.1) is 23.0 Å². The maximum atomic E-state index is 14.3. The topological polar surface area (TPSA) is 163 Å². The van der Waals surface area contributed by atoms with E-state index in [2.05, 4.69) is 23.1 Å². The molecule has 2 aromatic heterocycles. The van der Waals surface area contributed by atoms with Gasteiger partial charge in [-0.1, -0.05) is 109 Å². The molecule has 1 saturated heterocycles. The first-order valence-electron chi connectivity index (χ1n) is 20.1. The van der Waals surface area contributed by atoms with Gasteiger partial charge in [0, 0.05) is 12.2 Å². The molecule has 306 valence electrons. The van der Waals surface area contributed by atoms with Gasteiger partial charge < -0.3 is 24.8 Å². The van der Waals surface area contributed by atoms with E-state index in [1.54, 1.807) is 12.1 Å². The molecular formula is C40H60F2N5O7P. The van der Waals surface area contributed by atoms with E-state index in [1.165, 1.54) is 100 Å². The first-order chi connectivity index (χ1) is 26.7. The van der Waals surface area contributed by atoms with Crippen LogP contribution in [-0.4, -0.2) is 58.1 Å². The molecule has 15 heteroatoms. The van der Waals surface area contributed by atoms with E-state index in [0.717, 1.165) is 31.4 Å². The first-order valence-corrected chi connectivity index (χ1v) is 21.6. The van der Waals surface area contributed by atoms with E-state index in [0.29, 0.717) is 24.2 Å². The summed E-state index contributed by atoms with van der Waals surface area (Å²) < 4.78 is 71.1.